The van der Waals surface area contributed by atoms with Crippen LogP contribution in [0.3, 0.4) is 0 Å². The lowest BCUT2D eigenvalue weighted by Gasteiger charge is -2.33. The predicted octanol–water partition coefficient (Wildman–Crippen LogP) is 5.74. The van der Waals surface area contributed by atoms with Crippen molar-refractivity contribution >= 4 is 50.8 Å². The number of hydrogen-bond donors (Lipinski definition) is 1. The first-order valence-electron chi connectivity index (χ1n) is 8.87. The van der Waals surface area contributed by atoms with Crippen LogP contribution in [0.1, 0.15) is 48.8 Å². The largest absolute Gasteiger partial charge is 0.501 e. The van der Waals surface area contributed by atoms with E-state index in [-0.39, 0.29) is 16.9 Å². The van der Waals surface area contributed by atoms with Crippen molar-refractivity contribution in [2.24, 2.45) is 16.3 Å². The van der Waals surface area contributed by atoms with Gasteiger partial charge >= 0.3 is 5.69 Å². The summed E-state index contributed by atoms with van der Waals surface area (Å²) in [5.74, 6) is 0.226. The van der Waals surface area contributed by atoms with Gasteiger partial charge in [0.25, 0.3) is 0 Å². The standard InChI is InChI=1S/C20H20IN3O3S/c1-20(2,3)12-4-5-13-14(9-22)19(28-17(13)8-12)23-10-11-6-15(21)18(25)16(7-11)24(26)27/h6-7,10,12,25H,4-5,8H2,1-3H3/t12-/m1/s1. The monoisotopic (exact) mass is 509 g/mol. The van der Waals surface area contributed by atoms with Gasteiger partial charge in [-0.15, -0.1) is 11.3 Å². The first kappa shape index (κ1) is 20.7. The van der Waals surface area contributed by atoms with Crippen LogP contribution in [0, 0.1) is 36.3 Å². The Kier molecular flexibility index (Phi) is 5.77. The van der Waals surface area contributed by atoms with Crippen molar-refractivity contribution in [3.8, 4) is 11.8 Å². The first-order valence-corrected chi connectivity index (χ1v) is 10.8. The molecular weight excluding hydrogens is 489 g/mol. The maximum atomic E-state index is 11.1. The Morgan fingerprint density at radius 1 is 1.46 bits per heavy atom. The number of aromatic hydroxyl groups is 1. The van der Waals surface area contributed by atoms with E-state index in [1.165, 1.54) is 28.5 Å². The zero-order valence-electron chi connectivity index (χ0n) is 15.8. The molecule has 1 aromatic carbocycles. The van der Waals surface area contributed by atoms with Crippen LogP contribution in [-0.4, -0.2) is 16.2 Å². The number of hydrogen-bond acceptors (Lipinski definition) is 6. The van der Waals surface area contributed by atoms with E-state index >= 15 is 0 Å². The van der Waals surface area contributed by atoms with Crippen LogP contribution in [0.25, 0.3) is 0 Å². The number of halogens is 1. The summed E-state index contributed by atoms with van der Waals surface area (Å²) < 4.78 is 0.382. The van der Waals surface area contributed by atoms with Crippen molar-refractivity contribution in [2.75, 3.05) is 0 Å². The van der Waals surface area contributed by atoms with Gasteiger partial charge in [0.1, 0.15) is 11.1 Å². The molecular formula is C20H20IN3O3S. The van der Waals surface area contributed by atoms with E-state index in [4.69, 9.17) is 0 Å². The molecule has 28 heavy (non-hydrogen) atoms. The quantitative estimate of drug-likeness (QED) is 0.247. The topological polar surface area (TPSA) is 99.5 Å². The molecule has 0 unspecified atom stereocenters. The normalized spacial score (nSPS) is 16.8. The maximum absolute atomic E-state index is 11.1. The number of nitro groups is 1. The van der Waals surface area contributed by atoms with E-state index in [9.17, 15) is 20.5 Å². The number of nitro benzene ring substituents is 1. The highest BCUT2D eigenvalue weighted by molar-refractivity contribution is 14.1. The van der Waals surface area contributed by atoms with Gasteiger partial charge in [-0.2, -0.15) is 5.26 Å². The minimum absolute atomic E-state index is 0.222. The number of thiophene rings is 1. The zero-order valence-corrected chi connectivity index (χ0v) is 18.8. The summed E-state index contributed by atoms with van der Waals surface area (Å²) >= 11 is 3.39. The Morgan fingerprint density at radius 2 is 2.18 bits per heavy atom. The van der Waals surface area contributed by atoms with Crippen LogP contribution in [0.5, 0.6) is 5.75 Å². The van der Waals surface area contributed by atoms with Crippen LogP contribution < -0.4 is 0 Å². The average molecular weight is 509 g/mol. The molecule has 0 radical (unpaired) electrons. The summed E-state index contributed by atoms with van der Waals surface area (Å²) in [5, 5.41) is 31.2. The molecule has 6 nitrogen and oxygen atoms in total. The van der Waals surface area contributed by atoms with Gasteiger partial charge in [0.05, 0.1) is 14.1 Å². The summed E-state index contributed by atoms with van der Waals surface area (Å²) in [6.45, 7) is 6.75. The Bertz CT molecular complexity index is 1020. The summed E-state index contributed by atoms with van der Waals surface area (Å²) in [5.41, 5.74) is 2.10. The minimum Gasteiger partial charge on any atom is -0.501 e. The number of rotatable bonds is 3. The molecule has 1 N–H and O–H groups in total. The fourth-order valence-corrected chi connectivity index (χ4v) is 5.33. The maximum Gasteiger partial charge on any atom is 0.312 e. The molecule has 1 aliphatic carbocycles. The lowest BCUT2D eigenvalue weighted by Crippen LogP contribution is -2.26. The molecule has 1 atom stereocenters. The number of aliphatic imine (C=N–C) groups is 1. The highest BCUT2D eigenvalue weighted by atomic mass is 127. The third kappa shape index (κ3) is 4.05. The summed E-state index contributed by atoms with van der Waals surface area (Å²) in [4.78, 5) is 16.2. The first-order chi connectivity index (χ1) is 13.1. The number of nitriles is 1. The summed E-state index contributed by atoms with van der Waals surface area (Å²) in [6, 6.07) is 5.21. The average Bonchev–Trinajstić information content (AvgIpc) is 2.98. The number of nitrogens with zero attached hydrogens (tertiary/aromatic N) is 3. The Hall–Kier alpha value is -1.99. The van der Waals surface area contributed by atoms with Gasteiger partial charge in [0, 0.05) is 22.7 Å². The number of benzene rings is 1. The highest BCUT2D eigenvalue weighted by Gasteiger charge is 2.32. The smallest absolute Gasteiger partial charge is 0.312 e. The lowest BCUT2D eigenvalue weighted by molar-refractivity contribution is -0.386. The second-order valence-electron chi connectivity index (χ2n) is 7.99. The number of phenolic OH excluding ortho intramolecular Hbond substituents is 1. The number of fused-ring (bicyclic) bond motifs is 1. The Morgan fingerprint density at radius 3 is 2.79 bits per heavy atom. The van der Waals surface area contributed by atoms with Crippen molar-refractivity contribution in [1.82, 2.24) is 0 Å². The molecule has 1 heterocycles. The molecule has 146 valence electrons. The Labute approximate surface area is 181 Å². The van der Waals surface area contributed by atoms with Crippen LogP contribution in [0.2, 0.25) is 0 Å². The van der Waals surface area contributed by atoms with Gasteiger partial charge in [0.2, 0.25) is 5.75 Å². The molecule has 1 aliphatic rings. The molecule has 0 saturated heterocycles. The predicted molar refractivity (Wildman–Crippen MR) is 119 cm³/mol. The van der Waals surface area contributed by atoms with Gasteiger partial charge in [-0.25, -0.2) is 4.99 Å². The molecule has 0 bridgehead atoms. The molecule has 0 spiro atoms. The van der Waals surface area contributed by atoms with E-state index in [1.54, 1.807) is 6.07 Å². The van der Waals surface area contributed by atoms with Gasteiger partial charge in [-0.3, -0.25) is 10.1 Å². The molecule has 8 heteroatoms. The van der Waals surface area contributed by atoms with Crippen molar-refractivity contribution in [1.29, 1.82) is 5.26 Å². The lowest BCUT2D eigenvalue weighted by atomic mass is 9.72. The van der Waals surface area contributed by atoms with Gasteiger partial charge in [0.15, 0.2) is 0 Å². The third-order valence-corrected chi connectivity index (χ3v) is 7.16. The van der Waals surface area contributed by atoms with Gasteiger partial charge in [-0.05, 0) is 64.8 Å². The zero-order chi connectivity index (χ0) is 20.6. The van der Waals surface area contributed by atoms with Crippen molar-refractivity contribution in [3.05, 3.63) is 47.4 Å². The van der Waals surface area contributed by atoms with Gasteiger partial charge in [-0.1, -0.05) is 20.8 Å². The minimum atomic E-state index is -0.619. The fourth-order valence-electron chi connectivity index (χ4n) is 3.47. The van der Waals surface area contributed by atoms with E-state index in [2.05, 4.69) is 31.8 Å². The molecule has 3 rings (SSSR count). The molecule has 0 saturated carbocycles. The SMILES string of the molecule is CC(C)(C)[C@@H]1CCc2c(sc(N=Cc3cc(I)c(O)c([N+](=O)[O-])c3)c2C#N)C1. The van der Waals surface area contributed by atoms with Crippen molar-refractivity contribution in [2.45, 2.75) is 40.0 Å². The van der Waals surface area contributed by atoms with Crippen LogP contribution >= 0.6 is 33.9 Å². The number of phenols is 1. The second kappa shape index (κ2) is 7.79. The molecule has 0 fully saturated rings. The highest BCUT2D eigenvalue weighted by Crippen LogP contribution is 2.45. The fraction of sp³-hybridized carbons (Fsp3) is 0.400. The molecule has 0 aliphatic heterocycles. The van der Waals surface area contributed by atoms with Gasteiger partial charge < -0.3 is 5.11 Å². The summed E-state index contributed by atoms with van der Waals surface area (Å²) in [7, 11) is 0. The van der Waals surface area contributed by atoms with E-state index in [0.717, 1.165) is 24.8 Å². The van der Waals surface area contributed by atoms with Crippen LogP contribution in [0.4, 0.5) is 10.7 Å². The van der Waals surface area contributed by atoms with E-state index in [0.29, 0.717) is 25.6 Å². The second-order valence-corrected chi connectivity index (χ2v) is 10.2. The van der Waals surface area contributed by atoms with E-state index < -0.39 is 4.92 Å². The van der Waals surface area contributed by atoms with Crippen molar-refractivity contribution in [3.63, 3.8) is 0 Å². The molecule has 1 aromatic heterocycles. The molecule has 2 aromatic rings. The van der Waals surface area contributed by atoms with Crippen molar-refractivity contribution < 1.29 is 10.0 Å². The van der Waals surface area contributed by atoms with Crippen LogP contribution in [0.15, 0.2) is 17.1 Å². The van der Waals surface area contributed by atoms with E-state index in [1.807, 2.05) is 22.6 Å². The van der Waals surface area contributed by atoms with Crippen LogP contribution in [-0.2, 0) is 12.8 Å². The Balaban J connectivity index is 1.95. The third-order valence-electron chi connectivity index (χ3n) is 5.18. The summed E-state index contributed by atoms with van der Waals surface area (Å²) in [6.07, 6.45) is 4.42. The molecule has 0 amide bonds.